The summed E-state index contributed by atoms with van der Waals surface area (Å²) in [6, 6.07) is 13.8. The number of nitrogens with zero attached hydrogens (tertiary/aromatic N) is 2. The summed E-state index contributed by atoms with van der Waals surface area (Å²) in [5.41, 5.74) is 5.33. The Morgan fingerprint density at radius 2 is 1.96 bits per heavy atom. The van der Waals surface area contributed by atoms with Crippen molar-refractivity contribution in [1.29, 1.82) is 5.26 Å². The molecule has 2 heterocycles. The van der Waals surface area contributed by atoms with Gasteiger partial charge in [0.15, 0.2) is 17.3 Å². The molecule has 0 spiro atoms. The largest absolute Gasteiger partial charge is 0.490 e. The van der Waals surface area contributed by atoms with E-state index in [9.17, 15) is 14.9 Å². The number of ketones is 1. The molecule has 0 saturated carbocycles. The highest BCUT2D eigenvalue weighted by molar-refractivity contribution is 9.10. The number of nitriles is 1. The zero-order valence-electron chi connectivity index (χ0n) is 28.4. The molecule has 1 aliphatic carbocycles. The molecule has 2 unspecified atom stereocenters. The number of amides is 1. The summed E-state index contributed by atoms with van der Waals surface area (Å²) in [7, 11) is 0. The average molecular weight is 719 g/mol. The molecule has 3 N–H and O–H groups in total. The third-order valence-electron chi connectivity index (χ3n) is 9.30. The molecule has 256 valence electrons. The molecule has 5 rings (SSSR count). The van der Waals surface area contributed by atoms with Crippen molar-refractivity contribution in [2.45, 2.75) is 78.2 Å². The van der Waals surface area contributed by atoms with Crippen LogP contribution in [0.5, 0.6) is 11.5 Å². The Kier molecular flexibility index (Phi) is 12.7. The van der Waals surface area contributed by atoms with Crippen LogP contribution in [0, 0.1) is 17.2 Å². The van der Waals surface area contributed by atoms with Crippen molar-refractivity contribution in [3.05, 3.63) is 74.5 Å². The number of nitrogens with one attached hydrogen (secondary N) is 3. The zero-order chi connectivity index (χ0) is 34.0. The smallest absolute Gasteiger partial charge is 0.238 e. The number of likely N-dealkylation sites (tertiary alicyclic amines) is 1. The van der Waals surface area contributed by atoms with Gasteiger partial charge in [0.25, 0.3) is 0 Å². The van der Waals surface area contributed by atoms with Crippen molar-refractivity contribution in [3.8, 4) is 17.6 Å². The number of halogens is 1. The van der Waals surface area contributed by atoms with Gasteiger partial charge in [0, 0.05) is 29.1 Å². The van der Waals surface area contributed by atoms with Crippen molar-refractivity contribution in [2.24, 2.45) is 5.92 Å². The minimum Gasteiger partial charge on any atom is -0.490 e. The maximum atomic E-state index is 13.6. The van der Waals surface area contributed by atoms with Gasteiger partial charge in [0.1, 0.15) is 6.61 Å². The summed E-state index contributed by atoms with van der Waals surface area (Å²) >= 11 is 3.71. The number of dihydropyridines is 1. The lowest BCUT2D eigenvalue weighted by atomic mass is 9.72. The van der Waals surface area contributed by atoms with E-state index >= 15 is 0 Å². The first-order valence-corrected chi connectivity index (χ1v) is 18.2. The minimum atomic E-state index is -0.481. The summed E-state index contributed by atoms with van der Waals surface area (Å²) in [5, 5.41) is 19.8. The molecule has 2 atom stereocenters. The van der Waals surface area contributed by atoms with E-state index in [1.807, 2.05) is 50.2 Å². The number of carbonyl (C=O) groups excluding carboxylic acids is 2. The van der Waals surface area contributed by atoms with E-state index in [2.05, 4.69) is 49.8 Å². The Morgan fingerprint density at radius 3 is 2.71 bits per heavy atom. The van der Waals surface area contributed by atoms with Crippen LogP contribution in [0.3, 0.4) is 0 Å². The van der Waals surface area contributed by atoms with Crippen LogP contribution in [-0.2, 0) is 16.2 Å². The molecular weight excluding hydrogens is 670 g/mol. The molecule has 10 heteroatoms. The predicted octanol–water partition coefficient (Wildman–Crippen LogP) is 6.96. The quantitative estimate of drug-likeness (QED) is 0.170. The number of rotatable bonds is 15. The van der Waals surface area contributed by atoms with Crippen LogP contribution < -0.4 is 25.4 Å². The fourth-order valence-corrected chi connectivity index (χ4v) is 7.68. The summed E-state index contributed by atoms with van der Waals surface area (Å²) in [6.07, 6.45) is 6.95. The van der Waals surface area contributed by atoms with Gasteiger partial charge in [-0.1, -0.05) is 25.5 Å². The van der Waals surface area contributed by atoms with E-state index in [0.717, 1.165) is 61.3 Å². The third kappa shape index (κ3) is 8.87. The van der Waals surface area contributed by atoms with Crippen LogP contribution in [-0.4, -0.2) is 55.9 Å². The highest BCUT2D eigenvalue weighted by Gasteiger charge is 2.39. The molecule has 0 bridgehead atoms. The number of benzene rings is 2. The SMILES string of the molecule is CCCC1CC(=O)C2=C(C1)NC(C)=C(C#N)C2c1cc(Br)c(OCc2cccc(NC(=O)CNCCCN3CCCC3)c2)c(OCC)c1. The van der Waals surface area contributed by atoms with Gasteiger partial charge >= 0.3 is 0 Å². The highest BCUT2D eigenvalue weighted by Crippen LogP contribution is 2.47. The summed E-state index contributed by atoms with van der Waals surface area (Å²) in [4.78, 5) is 28.6. The highest BCUT2D eigenvalue weighted by atomic mass is 79.9. The van der Waals surface area contributed by atoms with Crippen molar-refractivity contribution in [1.82, 2.24) is 15.5 Å². The molecule has 9 nitrogen and oxygen atoms in total. The molecule has 1 saturated heterocycles. The minimum absolute atomic E-state index is 0.0826. The molecule has 1 amide bonds. The molecule has 0 aromatic heterocycles. The maximum absolute atomic E-state index is 13.6. The van der Waals surface area contributed by atoms with Crippen LogP contribution in [0.15, 0.2) is 63.4 Å². The molecule has 2 aromatic carbocycles. The second-order valence-electron chi connectivity index (χ2n) is 13.0. The topological polar surface area (TPSA) is 116 Å². The second-order valence-corrected chi connectivity index (χ2v) is 13.8. The molecule has 2 aromatic rings. The van der Waals surface area contributed by atoms with Crippen LogP contribution >= 0.6 is 15.9 Å². The van der Waals surface area contributed by atoms with Crippen LogP contribution in [0.1, 0.15) is 82.8 Å². The Morgan fingerprint density at radius 1 is 1.15 bits per heavy atom. The summed E-state index contributed by atoms with van der Waals surface area (Å²) < 4.78 is 13.1. The Bertz CT molecular complexity index is 1590. The van der Waals surface area contributed by atoms with Gasteiger partial charge in [0.05, 0.1) is 35.2 Å². The van der Waals surface area contributed by atoms with E-state index in [1.165, 1.54) is 25.9 Å². The average Bonchev–Trinajstić information content (AvgIpc) is 3.57. The second kappa shape index (κ2) is 17.1. The first-order valence-electron chi connectivity index (χ1n) is 17.4. The lowest BCUT2D eigenvalue weighted by molar-refractivity contribution is -0.117. The lowest BCUT2D eigenvalue weighted by Gasteiger charge is -2.35. The van der Waals surface area contributed by atoms with Gasteiger partial charge in [-0.05, 0) is 129 Å². The van der Waals surface area contributed by atoms with E-state index in [1.54, 1.807) is 0 Å². The van der Waals surface area contributed by atoms with Crippen LogP contribution in [0.25, 0.3) is 0 Å². The van der Waals surface area contributed by atoms with Crippen molar-refractivity contribution in [2.75, 3.05) is 44.6 Å². The molecule has 48 heavy (non-hydrogen) atoms. The molecule has 3 aliphatic rings. The Labute approximate surface area is 293 Å². The number of ether oxygens (including phenoxy) is 2. The van der Waals surface area contributed by atoms with Gasteiger partial charge < -0.3 is 30.3 Å². The first-order chi connectivity index (χ1) is 23.3. The van der Waals surface area contributed by atoms with Gasteiger partial charge in [-0.2, -0.15) is 5.26 Å². The standard InChI is InChI=1S/C38H48BrN5O4/c1-4-10-26-18-32-37(33(45)19-26)36(30(22-40)25(3)42-32)28-20-31(39)38(34(21-28)47-5-2)48-24-27-11-8-12-29(17-27)43-35(46)23-41-13-9-16-44-14-6-7-15-44/h8,11-12,17,20-21,26,36,41-42H,4-7,9-10,13-16,18-19,23-24H2,1-3H3,(H,43,46). The number of hydrogen-bond donors (Lipinski definition) is 3. The molecular formula is C38H48BrN5O4. The fraction of sp³-hybridized carbons (Fsp3) is 0.500. The number of allylic oxidation sites excluding steroid dienone is 4. The predicted molar refractivity (Wildman–Crippen MR) is 192 cm³/mol. The first kappa shape index (κ1) is 35.7. The zero-order valence-corrected chi connectivity index (χ0v) is 30.0. The van der Waals surface area contributed by atoms with Crippen molar-refractivity contribution >= 4 is 33.3 Å². The number of Topliss-reactive ketones (excluding diaryl/α,β-unsaturated/α-hetero) is 1. The Balaban J connectivity index is 1.27. The monoisotopic (exact) mass is 717 g/mol. The van der Waals surface area contributed by atoms with Gasteiger partial charge in [-0.15, -0.1) is 0 Å². The van der Waals surface area contributed by atoms with Gasteiger partial charge in [0.2, 0.25) is 5.91 Å². The maximum Gasteiger partial charge on any atom is 0.238 e. The van der Waals surface area contributed by atoms with E-state index in [-0.39, 0.29) is 24.8 Å². The normalized spacial score (nSPS) is 19.5. The molecule has 1 fully saturated rings. The van der Waals surface area contributed by atoms with Crippen LogP contribution in [0.2, 0.25) is 0 Å². The van der Waals surface area contributed by atoms with E-state index < -0.39 is 5.92 Å². The molecule has 2 aliphatic heterocycles. The molecule has 0 radical (unpaired) electrons. The summed E-state index contributed by atoms with van der Waals surface area (Å²) in [6.45, 7) is 11.2. The van der Waals surface area contributed by atoms with Gasteiger partial charge in [-0.25, -0.2) is 0 Å². The Hall–Kier alpha value is -3.65. The fourth-order valence-electron chi connectivity index (χ4n) is 7.11. The number of carbonyl (C=O) groups is 2. The number of hydrogen-bond acceptors (Lipinski definition) is 8. The number of anilines is 1. The summed E-state index contributed by atoms with van der Waals surface area (Å²) in [5.74, 6) is 0.914. The van der Waals surface area contributed by atoms with E-state index in [0.29, 0.717) is 51.8 Å². The lowest BCUT2D eigenvalue weighted by Crippen LogP contribution is -2.34. The van der Waals surface area contributed by atoms with Gasteiger partial charge in [-0.3, -0.25) is 9.59 Å². The van der Waals surface area contributed by atoms with Crippen molar-refractivity contribution in [3.63, 3.8) is 0 Å². The van der Waals surface area contributed by atoms with Crippen molar-refractivity contribution < 1.29 is 19.1 Å². The van der Waals surface area contributed by atoms with Crippen LogP contribution in [0.4, 0.5) is 5.69 Å². The van der Waals surface area contributed by atoms with E-state index in [4.69, 9.17) is 9.47 Å². The third-order valence-corrected chi connectivity index (χ3v) is 9.89.